The molecule has 0 fully saturated rings. The maximum Gasteiger partial charge on any atom is 0.407 e. The molecule has 1 amide bonds. The van der Waals surface area contributed by atoms with Crippen molar-refractivity contribution in [1.29, 1.82) is 0 Å². The summed E-state index contributed by atoms with van der Waals surface area (Å²) >= 11 is 0. The Labute approximate surface area is 64.9 Å². The number of nitrogens with one attached hydrogen (secondary N) is 1. The zero-order chi connectivity index (χ0) is 8.85. The molecule has 3 N–H and O–H groups in total. The summed E-state index contributed by atoms with van der Waals surface area (Å²) < 4.78 is 4.24. The lowest BCUT2D eigenvalue weighted by Gasteiger charge is -2.04. The SMILES string of the molecule is COC(=O)NCC(=O)C(C)N. The summed E-state index contributed by atoms with van der Waals surface area (Å²) in [4.78, 5) is 21.2. The van der Waals surface area contributed by atoms with Gasteiger partial charge in [-0.1, -0.05) is 0 Å². The van der Waals surface area contributed by atoms with Gasteiger partial charge in [0.2, 0.25) is 0 Å². The summed E-state index contributed by atoms with van der Waals surface area (Å²) in [5.41, 5.74) is 5.22. The molecule has 5 nitrogen and oxygen atoms in total. The lowest BCUT2D eigenvalue weighted by Crippen LogP contribution is -2.37. The van der Waals surface area contributed by atoms with E-state index in [1.165, 1.54) is 7.11 Å². The minimum absolute atomic E-state index is 0.0790. The van der Waals surface area contributed by atoms with Crippen molar-refractivity contribution < 1.29 is 14.3 Å². The molecule has 0 aliphatic carbocycles. The maximum absolute atomic E-state index is 10.8. The highest BCUT2D eigenvalue weighted by atomic mass is 16.5. The van der Waals surface area contributed by atoms with Crippen molar-refractivity contribution in [3.63, 3.8) is 0 Å². The van der Waals surface area contributed by atoms with Crippen LogP contribution in [-0.2, 0) is 9.53 Å². The van der Waals surface area contributed by atoms with Crippen LogP contribution in [0.25, 0.3) is 0 Å². The number of hydrogen-bond acceptors (Lipinski definition) is 4. The first kappa shape index (κ1) is 9.90. The number of nitrogens with two attached hydrogens (primary N) is 1. The highest BCUT2D eigenvalue weighted by Crippen LogP contribution is 1.78. The third kappa shape index (κ3) is 4.32. The molecule has 64 valence electrons. The van der Waals surface area contributed by atoms with E-state index in [-0.39, 0.29) is 12.3 Å². The van der Waals surface area contributed by atoms with E-state index in [1.54, 1.807) is 6.92 Å². The van der Waals surface area contributed by atoms with Gasteiger partial charge in [0.05, 0.1) is 19.7 Å². The van der Waals surface area contributed by atoms with Crippen LogP contribution in [0.2, 0.25) is 0 Å². The second-order valence-corrected chi connectivity index (χ2v) is 2.10. The quantitative estimate of drug-likeness (QED) is 0.569. The Hall–Kier alpha value is -1.10. The summed E-state index contributed by atoms with van der Waals surface area (Å²) in [6.45, 7) is 1.48. The predicted molar refractivity (Wildman–Crippen MR) is 39.1 cm³/mol. The Morgan fingerprint density at radius 2 is 2.18 bits per heavy atom. The molecular weight excluding hydrogens is 148 g/mol. The van der Waals surface area contributed by atoms with E-state index < -0.39 is 12.1 Å². The first-order chi connectivity index (χ1) is 5.07. The van der Waals surface area contributed by atoms with Crippen molar-refractivity contribution in [2.45, 2.75) is 13.0 Å². The molecule has 0 spiro atoms. The Morgan fingerprint density at radius 1 is 1.64 bits per heavy atom. The van der Waals surface area contributed by atoms with Gasteiger partial charge < -0.3 is 15.8 Å². The van der Waals surface area contributed by atoms with Crippen molar-refractivity contribution in [2.75, 3.05) is 13.7 Å². The molecule has 0 radical (unpaired) electrons. The molecule has 0 aliphatic heterocycles. The maximum atomic E-state index is 10.8. The zero-order valence-corrected chi connectivity index (χ0v) is 6.59. The van der Waals surface area contributed by atoms with Crippen LogP contribution in [-0.4, -0.2) is 31.6 Å². The van der Waals surface area contributed by atoms with Crippen molar-refractivity contribution in [3.8, 4) is 0 Å². The van der Waals surface area contributed by atoms with Gasteiger partial charge >= 0.3 is 6.09 Å². The third-order valence-electron chi connectivity index (χ3n) is 1.10. The number of ether oxygens (including phenoxy) is 1. The number of Topliss-reactive ketones (excluding diaryl/α,β-unsaturated/α-hetero) is 1. The fourth-order valence-electron chi connectivity index (χ4n) is 0.392. The fraction of sp³-hybridized carbons (Fsp3) is 0.667. The summed E-state index contributed by atoms with van der Waals surface area (Å²) in [7, 11) is 1.23. The van der Waals surface area contributed by atoms with Gasteiger partial charge in [0.25, 0.3) is 0 Å². The van der Waals surface area contributed by atoms with Crippen LogP contribution in [0.15, 0.2) is 0 Å². The van der Waals surface area contributed by atoms with Gasteiger partial charge in [-0.3, -0.25) is 4.79 Å². The minimum atomic E-state index is -0.626. The van der Waals surface area contributed by atoms with E-state index in [9.17, 15) is 9.59 Å². The lowest BCUT2D eigenvalue weighted by molar-refractivity contribution is -0.119. The highest BCUT2D eigenvalue weighted by Gasteiger charge is 2.08. The summed E-state index contributed by atoms with van der Waals surface area (Å²) in [6, 6.07) is -0.549. The Bertz CT molecular complexity index is 156. The van der Waals surface area contributed by atoms with Crippen LogP contribution < -0.4 is 11.1 Å². The highest BCUT2D eigenvalue weighted by molar-refractivity contribution is 5.87. The summed E-state index contributed by atoms with van der Waals surface area (Å²) in [6.07, 6.45) is -0.626. The van der Waals surface area contributed by atoms with Crippen LogP contribution in [0, 0.1) is 0 Å². The van der Waals surface area contributed by atoms with Crippen molar-refractivity contribution in [2.24, 2.45) is 5.73 Å². The summed E-state index contributed by atoms with van der Waals surface area (Å²) in [5.74, 6) is -0.226. The number of carbonyl (C=O) groups is 2. The number of hydrogen-bond donors (Lipinski definition) is 2. The van der Waals surface area contributed by atoms with Crippen LogP contribution >= 0.6 is 0 Å². The monoisotopic (exact) mass is 160 g/mol. The predicted octanol–water partition coefficient (Wildman–Crippen LogP) is -0.741. The van der Waals surface area contributed by atoms with Crippen LogP contribution in [0.1, 0.15) is 6.92 Å². The molecule has 0 aromatic rings. The molecule has 0 saturated heterocycles. The van der Waals surface area contributed by atoms with Crippen LogP contribution in [0.3, 0.4) is 0 Å². The first-order valence-corrected chi connectivity index (χ1v) is 3.18. The second-order valence-electron chi connectivity index (χ2n) is 2.10. The molecular formula is C6H12N2O3. The van der Waals surface area contributed by atoms with Gasteiger partial charge in [-0.2, -0.15) is 0 Å². The molecule has 1 atom stereocenters. The molecule has 0 bridgehead atoms. The zero-order valence-electron chi connectivity index (χ0n) is 6.59. The van der Waals surface area contributed by atoms with Crippen molar-refractivity contribution in [1.82, 2.24) is 5.32 Å². The van der Waals surface area contributed by atoms with Gasteiger partial charge in [-0.05, 0) is 6.92 Å². The Kier molecular flexibility index (Phi) is 4.21. The molecule has 11 heavy (non-hydrogen) atoms. The number of rotatable bonds is 3. The van der Waals surface area contributed by atoms with Crippen molar-refractivity contribution in [3.05, 3.63) is 0 Å². The van der Waals surface area contributed by atoms with E-state index in [4.69, 9.17) is 5.73 Å². The molecule has 1 unspecified atom stereocenters. The minimum Gasteiger partial charge on any atom is -0.453 e. The number of alkyl carbamates (subject to hydrolysis) is 1. The average molecular weight is 160 g/mol. The summed E-state index contributed by atoms with van der Waals surface area (Å²) in [5, 5.41) is 2.22. The van der Waals surface area contributed by atoms with Crippen molar-refractivity contribution >= 4 is 11.9 Å². The molecule has 0 rings (SSSR count). The van der Waals surface area contributed by atoms with Crippen LogP contribution in [0.5, 0.6) is 0 Å². The van der Waals surface area contributed by atoms with Gasteiger partial charge in [-0.15, -0.1) is 0 Å². The number of carbonyl (C=O) groups excluding carboxylic acids is 2. The van der Waals surface area contributed by atoms with E-state index in [1.807, 2.05) is 0 Å². The van der Waals surface area contributed by atoms with E-state index in [0.717, 1.165) is 0 Å². The van der Waals surface area contributed by atoms with E-state index in [0.29, 0.717) is 0 Å². The number of methoxy groups -OCH3 is 1. The van der Waals surface area contributed by atoms with Gasteiger partial charge in [-0.25, -0.2) is 4.79 Å². The van der Waals surface area contributed by atoms with E-state index >= 15 is 0 Å². The fourth-order valence-corrected chi connectivity index (χ4v) is 0.392. The smallest absolute Gasteiger partial charge is 0.407 e. The number of amides is 1. The lowest BCUT2D eigenvalue weighted by atomic mass is 10.2. The normalized spacial score (nSPS) is 11.9. The molecule has 0 saturated carbocycles. The molecule has 0 aromatic heterocycles. The number of ketones is 1. The topological polar surface area (TPSA) is 81.4 Å². The molecule has 5 heteroatoms. The van der Waals surface area contributed by atoms with Gasteiger partial charge in [0, 0.05) is 0 Å². The molecule has 0 aliphatic rings. The van der Waals surface area contributed by atoms with Gasteiger partial charge in [0.1, 0.15) is 0 Å². The molecule has 0 heterocycles. The Morgan fingerprint density at radius 3 is 2.55 bits per heavy atom. The van der Waals surface area contributed by atoms with E-state index in [2.05, 4.69) is 10.1 Å². The standard InChI is InChI=1S/C6H12N2O3/c1-4(7)5(9)3-8-6(10)11-2/h4H,3,7H2,1-2H3,(H,8,10). The van der Waals surface area contributed by atoms with Crippen LogP contribution in [0.4, 0.5) is 4.79 Å². The Balaban J connectivity index is 3.54. The largest absolute Gasteiger partial charge is 0.453 e. The van der Waals surface area contributed by atoms with Gasteiger partial charge in [0.15, 0.2) is 5.78 Å². The molecule has 0 aromatic carbocycles. The second kappa shape index (κ2) is 4.68. The average Bonchev–Trinajstić information content (AvgIpc) is 1.99. The third-order valence-corrected chi connectivity index (χ3v) is 1.10. The first-order valence-electron chi connectivity index (χ1n) is 3.18.